The van der Waals surface area contributed by atoms with Crippen LogP contribution in [0.5, 0.6) is 5.75 Å². The highest BCUT2D eigenvalue weighted by molar-refractivity contribution is 9.10. The Balaban J connectivity index is 2.00. The lowest BCUT2D eigenvalue weighted by Gasteiger charge is -2.22. The summed E-state index contributed by atoms with van der Waals surface area (Å²) in [4.78, 5) is 37.9. The van der Waals surface area contributed by atoms with E-state index in [9.17, 15) is 24.8 Å². The van der Waals surface area contributed by atoms with Crippen LogP contribution in [0.1, 0.15) is 35.7 Å². The minimum atomic E-state index is -2.04. The number of carbonyl (C=O) groups is 2. The van der Waals surface area contributed by atoms with Gasteiger partial charge in [-0.25, -0.2) is 0 Å². The molecule has 1 amide bonds. The van der Waals surface area contributed by atoms with E-state index < -0.39 is 28.6 Å². The van der Waals surface area contributed by atoms with Gasteiger partial charge in [0.15, 0.2) is 17.1 Å². The number of amides is 1. The monoisotopic (exact) mass is 462 g/mol. The van der Waals surface area contributed by atoms with Crippen LogP contribution >= 0.6 is 15.9 Å². The number of halogens is 1. The predicted octanol–water partition coefficient (Wildman–Crippen LogP) is 3.58. The second-order valence-corrected chi connectivity index (χ2v) is 7.64. The number of aliphatic hydroxyl groups is 1. The second-order valence-electron chi connectivity index (χ2n) is 6.72. The maximum atomic E-state index is 13.0. The van der Waals surface area contributed by atoms with Crippen LogP contribution in [0, 0.1) is 10.1 Å². The van der Waals surface area contributed by atoms with Crippen molar-refractivity contribution in [3.8, 4) is 5.75 Å². The van der Waals surface area contributed by atoms with Gasteiger partial charge in [0, 0.05) is 28.2 Å². The summed E-state index contributed by atoms with van der Waals surface area (Å²) in [6.45, 7) is 2.31. The second kappa shape index (κ2) is 7.92. The van der Waals surface area contributed by atoms with E-state index in [1.165, 1.54) is 24.1 Å². The fourth-order valence-electron chi connectivity index (χ4n) is 3.48. The Morgan fingerprint density at radius 1 is 1.31 bits per heavy atom. The van der Waals surface area contributed by atoms with Gasteiger partial charge in [0.25, 0.3) is 5.91 Å². The van der Waals surface area contributed by atoms with Crippen LogP contribution in [0.4, 0.5) is 11.4 Å². The van der Waals surface area contributed by atoms with Crippen molar-refractivity contribution in [3.05, 3.63) is 62.1 Å². The summed E-state index contributed by atoms with van der Waals surface area (Å²) in [5, 5.41) is 22.5. The van der Waals surface area contributed by atoms with Crippen molar-refractivity contribution in [1.82, 2.24) is 0 Å². The number of Topliss-reactive ketones (excluding diaryl/α,β-unsaturated/α-hetero) is 1. The number of nitro benzene ring substituents is 1. The third-order valence-electron chi connectivity index (χ3n) is 4.86. The summed E-state index contributed by atoms with van der Waals surface area (Å²) < 4.78 is 5.60. The molecule has 2 aromatic carbocycles. The molecule has 0 saturated heterocycles. The number of anilines is 1. The molecular formula is C20H19BrN2O6. The summed E-state index contributed by atoms with van der Waals surface area (Å²) in [5.74, 6) is -1.15. The number of carbonyl (C=O) groups excluding carboxylic acids is 2. The summed E-state index contributed by atoms with van der Waals surface area (Å²) in [5.41, 5.74) is -1.50. The average molecular weight is 463 g/mol. The largest absolute Gasteiger partial charge is 0.490 e. The van der Waals surface area contributed by atoms with Gasteiger partial charge in [0.05, 0.1) is 24.1 Å². The molecule has 0 aliphatic carbocycles. The molecule has 1 aliphatic rings. The van der Waals surface area contributed by atoms with E-state index in [-0.39, 0.29) is 17.0 Å². The summed E-state index contributed by atoms with van der Waals surface area (Å²) in [6.07, 6.45) is 0.148. The van der Waals surface area contributed by atoms with Crippen molar-refractivity contribution in [2.45, 2.75) is 25.4 Å². The molecule has 0 spiro atoms. The Kier molecular flexibility index (Phi) is 5.72. The van der Waals surface area contributed by atoms with Crippen molar-refractivity contribution in [2.75, 3.05) is 18.6 Å². The van der Waals surface area contributed by atoms with E-state index in [1.54, 1.807) is 18.2 Å². The van der Waals surface area contributed by atoms with Gasteiger partial charge in [-0.3, -0.25) is 19.7 Å². The van der Waals surface area contributed by atoms with Crippen molar-refractivity contribution in [1.29, 1.82) is 0 Å². The van der Waals surface area contributed by atoms with Gasteiger partial charge in [-0.15, -0.1) is 0 Å². The number of ether oxygens (including phenoxy) is 1. The molecule has 152 valence electrons. The van der Waals surface area contributed by atoms with Crippen LogP contribution in [0.3, 0.4) is 0 Å². The van der Waals surface area contributed by atoms with Crippen LogP contribution in [0.2, 0.25) is 0 Å². The minimum Gasteiger partial charge on any atom is -0.490 e. The first-order chi connectivity index (χ1) is 13.7. The first kappa shape index (κ1) is 20.9. The molecule has 8 nitrogen and oxygen atoms in total. The van der Waals surface area contributed by atoms with E-state index in [4.69, 9.17) is 4.74 Å². The summed E-state index contributed by atoms with van der Waals surface area (Å²) in [6, 6.07) is 8.88. The van der Waals surface area contributed by atoms with E-state index in [1.807, 2.05) is 6.92 Å². The molecule has 0 bridgehead atoms. The molecule has 1 aliphatic heterocycles. The van der Waals surface area contributed by atoms with E-state index in [0.29, 0.717) is 28.7 Å². The highest BCUT2D eigenvalue weighted by atomic mass is 79.9. The maximum absolute atomic E-state index is 13.0. The number of nitro groups is 1. The number of rotatable bonds is 7. The molecule has 3 rings (SSSR count). The maximum Gasteiger partial charge on any atom is 0.311 e. The smallest absolute Gasteiger partial charge is 0.311 e. The Morgan fingerprint density at radius 3 is 2.66 bits per heavy atom. The molecule has 1 N–H and O–H groups in total. The topological polar surface area (TPSA) is 110 Å². The lowest BCUT2D eigenvalue weighted by Crippen LogP contribution is -2.42. The van der Waals surface area contributed by atoms with Gasteiger partial charge in [0.2, 0.25) is 0 Å². The Labute approximate surface area is 175 Å². The molecule has 2 aromatic rings. The van der Waals surface area contributed by atoms with Crippen LogP contribution < -0.4 is 9.64 Å². The van der Waals surface area contributed by atoms with Gasteiger partial charge >= 0.3 is 5.69 Å². The normalized spacial score (nSPS) is 17.9. The highest BCUT2D eigenvalue weighted by Crippen LogP contribution is 2.44. The zero-order valence-electron chi connectivity index (χ0n) is 15.8. The molecular weight excluding hydrogens is 444 g/mol. The Bertz CT molecular complexity index is 1010. The standard InChI is InChI=1S/C20H19BrN2O6/c1-3-8-22-15-6-5-13(21)10-14(15)20(26,19(22)25)11-17(24)12-4-7-18(29-2)16(9-12)23(27)28/h4-7,9-10,26H,3,8,11H2,1-2H3. The number of hydrogen-bond acceptors (Lipinski definition) is 6. The third kappa shape index (κ3) is 3.63. The van der Waals surface area contributed by atoms with E-state index in [0.717, 1.165) is 6.07 Å². The molecule has 0 fully saturated rings. The SMILES string of the molecule is CCCN1C(=O)C(O)(CC(=O)c2ccc(OC)c([N+](=O)[O-])c2)c2cc(Br)ccc21. The van der Waals surface area contributed by atoms with Crippen molar-refractivity contribution in [2.24, 2.45) is 0 Å². The summed E-state index contributed by atoms with van der Waals surface area (Å²) >= 11 is 3.33. The predicted molar refractivity (Wildman–Crippen MR) is 109 cm³/mol. The molecule has 1 heterocycles. The van der Waals surface area contributed by atoms with Crippen molar-refractivity contribution in [3.63, 3.8) is 0 Å². The van der Waals surface area contributed by atoms with Crippen LogP contribution in [0.15, 0.2) is 40.9 Å². The van der Waals surface area contributed by atoms with Crippen LogP contribution in [0.25, 0.3) is 0 Å². The average Bonchev–Trinajstić information content (AvgIpc) is 2.89. The number of nitrogens with zero attached hydrogens (tertiary/aromatic N) is 2. The van der Waals surface area contributed by atoms with Gasteiger partial charge in [-0.05, 0) is 36.8 Å². The molecule has 1 unspecified atom stereocenters. The van der Waals surface area contributed by atoms with Crippen LogP contribution in [-0.4, -0.2) is 35.4 Å². The van der Waals surface area contributed by atoms with Gasteiger partial charge in [-0.1, -0.05) is 22.9 Å². The number of methoxy groups -OCH3 is 1. The molecule has 1 atom stereocenters. The zero-order valence-corrected chi connectivity index (χ0v) is 17.4. The molecule has 0 radical (unpaired) electrons. The van der Waals surface area contributed by atoms with Crippen molar-refractivity contribution < 1.29 is 24.4 Å². The number of hydrogen-bond donors (Lipinski definition) is 1. The molecule has 29 heavy (non-hydrogen) atoms. The lowest BCUT2D eigenvalue weighted by atomic mass is 9.88. The lowest BCUT2D eigenvalue weighted by molar-refractivity contribution is -0.385. The number of fused-ring (bicyclic) bond motifs is 1. The van der Waals surface area contributed by atoms with Gasteiger partial charge in [-0.2, -0.15) is 0 Å². The fourth-order valence-corrected chi connectivity index (χ4v) is 3.84. The van der Waals surface area contributed by atoms with Crippen molar-refractivity contribution >= 4 is 39.0 Å². The third-order valence-corrected chi connectivity index (χ3v) is 5.35. The molecule has 0 saturated carbocycles. The fraction of sp³-hybridized carbons (Fsp3) is 0.300. The zero-order chi connectivity index (χ0) is 21.3. The molecule has 0 aromatic heterocycles. The first-order valence-electron chi connectivity index (χ1n) is 8.93. The number of ketones is 1. The van der Waals surface area contributed by atoms with E-state index in [2.05, 4.69) is 15.9 Å². The summed E-state index contributed by atoms with van der Waals surface area (Å²) in [7, 11) is 1.29. The van der Waals surface area contributed by atoms with Crippen LogP contribution in [-0.2, 0) is 10.4 Å². The highest BCUT2D eigenvalue weighted by Gasteiger charge is 2.50. The minimum absolute atomic E-state index is 0.0178. The Morgan fingerprint density at radius 2 is 2.03 bits per heavy atom. The number of benzene rings is 2. The molecule has 9 heteroatoms. The van der Waals surface area contributed by atoms with E-state index >= 15 is 0 Å². The van der Waals surface area contributed by atoms with Gasteiger partial charge < -0.3 is 14.7 Å². The Hall–Kier alpha value is -2.78. The quantitative estimate of drug-likeness (QED) is 0.382. The first-order valence-corrected chi connectivity index (χ1v) is 9.72. The van der Waals surface area contributed by atoms with Gasteiger partial charge in [0.1, 0.15) is 0 Å².